The number of nitrogens with one attached hydrogen (secondary N) is 1. The number of fused-ring (bicyclic) bond motifs is 1. The molecule has 4 rings (SSSR count). The Bertz CT molecular complexity index is 997. The van der Waals surface area contributed by atoms with Crippen LogP contribution in [0.5, 0.6) is 0 Å². The smallest absolute Gasteiger partial charge is 0.255 e. The highest BCUT2D eigenvalue weighted by Crippen LogP contribution is 2.39. The largest absolute Gasteiger partial charge is 0.322 e. The highest BCUT2D eigenvalue weighted by molar-refractivity contribution is 6.22. The van der Waals surface area contributed by atoms with E-state index in [2.05, 4.69) is 5.32 Å². The first kappa shape index (κ1) is 18.1. The van der Waals surface area contributed by atoms with Crippen molar-refractivity contribution in [3.05, 3.63) is 71.6 Å². The zero-order chi connectivity index (χ0) is 19.8. The maximum atomic E-state index is 13.0. The van der Waals surface area contributed by atoms with Gasteiger partial charge in [0.05, 0.1) is 17.5 Å². The molecule has 1 fully saturated rings. The summed E-state index contributed by atoms with van der Waals surface area (Å²) < 4.78 is 13.0. The summed E-state index contributed by atoms with van der Waals surface area (Å²) in [5.41, 5.74) is 2.29. The van der Waals surface area contributed by atoms with Crippen molar-refractivity contribution in [1.82, 2.24) is 0 Å². The molecular weight excluding hydrogens is 359 g/mol. The van der Waals surface area contributed by atoms with Crippen molar-refractivity contribution in [1.29, 1.82) is 0 Å². The monoisotopic (exact) mass is 378 g/mol. The number of carbonyl (C=O) groups is 3. The second-order valence-electron chi connectivity index (χ2n) is 7.23. The molecule has 1 aliphatic carbocycles. The van der Waals surface area contributed by atoms with Gasteiger partial charge in [0.25, 0.3) is 5.91 Å². The molecule has 2 aromatic carbocycles. The number of carbonyl (C=O) groups excluding carboxylic acids is 3. The first-order valence-electron chi connectivity index (χ1n) is 9.14. The van der Waals surface area contributed by atoms with Gasteiger partial charge in [-0.3, -0.25) is 19.3 Å². The van der Waals surface area contributed by atoms with E-state index >= 15 is 0 Å². The van der Waals surface area contributed by atoms with E-state index in [1.54, 1.807) is 18.2 Å². The van der Waals surface area contributed by atoms with E-state index in [9.17, 15) is 18.8 Å². The van der Waals surface area contributed by atoms with Crippen molar-refractivity contribution >= 4 is 29.1 Å². The van der Waals surface area contributed by atoms with Gasteiger partial charge >= 0.3 is 0 Å². The van der Waals surface area contributed by atoms with Crippen LogP contribution in [0.4, 0.5) is 15.8 Å². The van der Waals surface area contributed by atoms with Crippen LogP contribution in [-0.4, -0.2) is 17.7 Å². The van der Waals surface area contributed by atoms with E-state index in [0.29, 0.717) is 29.8 Å². The van der Waals surface area contributed by atoms with Gasteiger partial charge in [0.15, 0.2) is 0 Å². The molecule has 1 aliphatic heterocycles. The maximum Gasteiger partial charge on any atom is 0.255 e. The summed E-state index contributed by atoms with van der Waals surface area (Å²) in [5, 5.41) is 2.68. The molecule has 1 N–H and O–H groups in total. The van der Waals surface area contributed by atoms with Gasteiger partial charge in [-0.1, -0.05) is 17.7 Å². The summed E-state index contributed by atoms with van der Waals surface area (Å²) in [4.78, 5) is 39.4. The van der Waals surface area contributed by atoms with Gasteiger partial charge in [0.2, 0.25) is 11.8 Å². The normalized spacial score (nSPS) is 21.4. The number of benzene rings is 2. The fourth-order valence-electron chi connectivity index (χ4n) is 3.81. The zero-order valence-electron chi connectivity index (χ0n) is 15.3. The molecule has 2 aromatic rings. The Labute approximate surface area is 161 Å². The Kier molecular flexibility index (Phi) is 4.55. The molecule has 0 saturated carbocycles. The summed E-state index contributed by atoms with van der Waals surface area (Å²) in [6.07, 6.45) is 3.18. The zero-order valence-corrected chi connectivity index (χ0v) is 15.3. The number of halogens is 1. The van der Waals surface area contributed by atoms with E-state index in [-0.39, 0.29) is 23.7 Å². The number of anilines is 2. The third-order valence-electron chi connectivity index (χ3n) is 5.29. The molecule has 6 heteroatoms. The Balaban J connectivity index is 1.57. The van der Waals surface area contributed by atoms with Crippen molar-refractivity contribution in [3.63, 3.8) is 0 Å². The van der Waals surface area contributed by atoms with Crippen molar-refractivity contribution in [2.75, 3.05) is 10.2 Å². The lowest BCUT2D eigenvalue weighted by molar-refractivity contribution is -0.122. The van der Waals surface area contributed by atoms with E-state index in [0.717, 1.165) is 5.57 Å². The lowest BCUT2D eigenvalue weighted by Gasteiger charge is -2.18. The quantitative estimate of drug-likeness (QED) is 0.650. The summed E-state index contributed by atoms with van der Waals surface area (Å²) in [7, 11) is 0. The molecule has 1 saturated heterocycles. The second-order valence-corrected chi connectivity index (χ2v) is 7.23. The molecular formula is C22H19FN2O3. The van der Waals surface area contributed by atoms with Crippen LogP contribution in [-0.2, 0) is 9.59 Å². The van der Waals surface area contributed by atoms with Gasteiger partial charge < -0.3 is 5.32 Å². The molecule has 2 atom stereocenters. The average molecular weight is 378 g/mol. The summed E-state index contributed by atoms with van der Waals surface area (Å²) in [5.74, 6) is -1.87. The van der Waals surface area contributed by atoms with Crippen LogP contribution in [0.25, 0.3) is 0 Å². The Hall–Kier alpha value is -3.28. The SMILES string of the molecule is CC1=CC[C@@H]2C(=O)N(c3cccc(C(=O)Nc4ccc(F)cc4)c3)C(=O)[C@H]2C1. The summed E-state index contributed by atoms with van der Waals surface area (Å²) >= 11 is 0. The highest BCUT2D eigenvalue weighted by Gasteiger charge is 2.48. The predicted octanol–water partition coefficient (Wildman–Crippen LogP) is 3.92. The minimum atomic E-state index is -0.400. The van der Waals surface area contributed by atoms with E-state index < -0.39 is 11.7 Å². The van der Waals surface area contributed by atoms with Crippen LogP contribution >= 0.6 is 0 Å². The van der Waals surface area contributed by atoms with Gasteiger partial charge in [-0.2, -0.15) is 0 Å². The van der Waals surface area contributed by atoms with Crippen LogP contribution in [0, 0.1) is 17.7 Å². The molecule has 1 heterocycles. The van der Waals surface area contributed by atoms with Crippen molar-refractivity contribution in [2.24, 2.45) is 11.8 Å². The average Bonchev–Trinajstić information content (AvgIpc) is 2.93. The number of amides is 3. The number of nitrogens with zero attached hydrogens (tertiary/aromatic N) is 1. The van der Waals surface area contributed by atoms with Crippen LogP contribution in [0.1, 0.15) is 30.1 Å². The van der Waals surface area contributed by atoms with Crippen LogP contribution in [0.3, 0.4) is 0 Å². The maximum absolute atomic E-state index is 13.0. The number of hydrogen-bond donors (Lipinski definition) is 1. The lowest BCUT2D eigenvalue weighted by Crippen LogP contribution is -2.31. The molecule has 28 heavy (non-hydrogen) atoms. The first-order valence-corrected chi connectivity index (χ1v) is 9.14. The predicted molar refractivity (Wildman–Crippen MR) is 103 cm³/mol. The third kappa shape index (κ3) is 3.22. The molecule has 0 radical (unpaired) electrons. The molecule has 3 amide bonds. The molecule has 5 nitrogen and oxygen atoms in total. The van der Waals surface area contributed by atoms with Crippen LogP contribution in [0.2, 0.25) is 0 Å². The fourth-order valence-corrected chi connectivity index (χ4v) is 3.81. The van der Waals surface area contributed by atoms with Gasteiger partial charge in [0.1, 0.15) is 5.82 Å². The van der Waals surface area contributed by atoms with E-state index in [4.69, 9.17) is 0 Å². The minimum absolute atomic E-state index is 0.210. The number of hydrogen-bond acceptors (Lipinski definition) is 3. The summed E-state index contributed by atoms with van der Waals surface area (Å²) in [6.45, 7) is 1.97. The number of imide groups is 1. The van der Waals surface area contributed by atoms with Crippen LogP contribution < -0.4 is 10.2 Å². The fraction of sp³-hybridized carbons (Fsp3) is 0.227. The van der Waals surface area contributed by atoms with Crippen molar-refractivity contribution in [2.45, 2.75) is 19.8 Å². The molecule has 0 spiro atoms. The van der Waals surface area contributed by atoms with Gasteiger partial charge in [0, 0.05) is 11.3 Å². The second kappa shape index (κ2) is 7.03. The topological polar surface area (TPSA) is 66.5 Å². The van der Waals surface area contributed by atoms with E-state index in [1.165, 1.54) is 35.2 Å². The molecule has 142 valence electrons. The number of rotatable bonds is 3. The minimum Gasteiger partial charge on any atom is -0.322 e. The standard InChI is InChI=1S/C22H19FN2O3/c1-13-5-10-18-19(11-13)22(28)25(21(18)27)17-4-2-3-14(12-17)20(26)24-16-8-6-15(23)7-9-16/h2-9,12,18-19H,10-11H2,1H3,(H,24,26)/t18-,19-/m0/s1. The Morgan fingerprint density at radius 2 is 1.79 bits per heavy atom. The summed E-state index contributed by atoms with van der Waals surface area (Å²) in [6, 6.07) is 11.9. The van der Waals surface area contributed by atoms with Crippen molar-refractivity contribution < 1.29 is 18.8 Å². The van der Waals surface area contributed by atoms with E-state index in [1.807, 2.05) is 13.0 Å². The molecule has 0 aromatic heterocycles. The van der Waals surface area contributed by atoms with Gasteiger partial charge in [-0.25, -0.2) is 4.39 Å². The Morgan fingerprint density at radius 3 is 2.54 bits per heavy atom. The molecule has 2 aliphatic rings. The lowest BCUT2D eigenvalue weighted by atomic mass is 9.82. The molecule has 0 unspecified atom stereocenters. The highest BCUT2D eigenvalue weighted by atomic mass is 19.1. The first-order chi connectivity index (χ1) is 13.4. The molecule has 0 bridgehead atoms. The van der Waals surface area contributed by atoms with Crippen molar-refractivity contribution in [3.8, 4) is 0 Å². The third-order valence-corrected chi connectivity index (χ3v) is 5.29. The van der Waals surface area contributed by atoms with Gasteiger partial charge in [-0.15, -0.1) is 0 Å². The Morgan fingerprint density at radius 1 is 1.07 bits per heavy atom. The van der Waals surface area contributed by atoms with Gasteiger partial charge in [-0.05, 0) is 62.2 Å². The number of allylic oxidation sites excluding steroid dienone is 2. The van der Waals surface area contributed by atoms with Crippen LogP contribution in [0.15, 0.2) is 60.2 Å².